The number of benzene rings is 2. The molecular formula is C24H29ClN2O3. The third kappa shape index (κ3) is 5.54. The van der Waals surface area contributed by atoms with Crippen molar-refractivity contribution in [3.63, 3.8) is 0 Å². The van der Waals surface area contributed by atoms with Crippen LogP contribution in [0.3, 0.4) is 0 Å². The van der Waals surface area contributed by atoms with Crippen molar-refractivity contribution in [2.75, 3.05) is 13.7 Å². The molecule has 1 aliphatic rings. The minimum atomic E-state index is -0.0893. The Hall–Kier alpha value is -2.53. The largest absolute Gasteiger partial charge is 0.484 e. The number of piperidine rings is 1. The lowest BCUT2D eigenvalue weighted by Gasteiger charge is -2.38. The second-order valence-electron chi connectivity index (χ2n) is 8.03. The molecule has 3 rings (SSSR count). The first kappa shape index (κ1) is 22.2. The number of amides is 2. The van der Waals surface area contributed by atoms with E-state index in [1.54, 1.807) is 36.2 Å². The van der Waals surface area contributed by atoms with Gasteiger partial charge in [-0.15, -0.1) is 0 Å². The molecule has 1 fully saturated rings. The first-order valence-electron chi connectivity index (χ1n) is 10.4. The van der Waals surface area contributed by atoms with Gasteiger partial charge in [-0.1, -0.05) is 23.7 Å². The molecule has 2 aromatic carbocycles. The van der Waals surface area contributed by atoms with Crippen LogP contribution in [0, 0.1) is 0 Å². The number of carbonyl (C=O) groups is 2. The van der Waals surface area contributed by atoms with Gasteiger partial charge in [0, 0.05) is 36.3 Å². The van der Waals surface area contributed by atoms with Crippen molar-refractivity contribution < 1.29 is 14.3 Å². The lowest BCUT2D eigenvalue weighted by atomic mass is 9.97. The van der Waals surface area contributed by atoms with Crippen LogP contribution in [-0.4, -0.2) is 47.4 Å². The van der Waals surface area contributed by atoms with E-state index in [1.807, 2.05) is 29.2 Å². The van der Waals surface area contributed by atoms with Crippen molar-refractivity contribution in [1.29, 1.82) is 0 Å². The van der Waals surface area contributed by atoms with E-state index < -0.39 is 0 Å². The van der Waals surface area contributed by atoms with Crippen LogP contribution < -0.4 is 4.74 Å². The van der Waals surface area contributed by atoms with Crippen LogP contribution in [0.15, 0.2) is 48.5 Å². The number of hydrogen-bond acceptors (Lipinski definition) is 3. The Bertz CT molecular complexity index is 874. The van der Waals surface area contributed by atoms with Crippen LogP contribution in [0.25, 0.3) is 0 Å². The zero-order valence-corrected chi connectivity index (χ0v) is 18.6. The van der Waals surface area contributed by atoms with E-state index in [0.29, 0.717) is 22.9 Å². The standard InChI is InChI=1S/C24H29ClN2O3/c1-17-6-4-7-18(2)27(17)23(28)16-30-22-12-10-20(11-13-22)24(29)26(3)15-19-8-5-9-21(25)14-19/h5,8-14,17-18H,4,6-7,15-16H2,1-3H3. The van der Waals surface area contributed by atoms with Gasteiger partial charge in [-0.2, -0.15) is 0 Å². The topological polar surface area (TPSA) is 49.9 Å². The fourth-order valence-electron chi connectivity index (χ4n) is 4.03. The summed E-state index contributed by atoms with van der Waals surface area (Å²) in [5.41, 5.74) is 1.54. The number of rotatable bonds is 6. The van der Waals surface area contributed by atoms with Crippen LogP contribution >= 0.6 is 11.6 Å². The highest BCUT2D eigenvalue weighted by atomic mass is 35.5. The average Bonchev–Trinajstić information content (AvgIpc) is 2.72. The smallest absolute Gasteiger partial charge is 0.260 e. The molecule has 0 aliphatic carbocycles. The van der Waals surface area contributed by atoms with Gasteiger partial charge in [0.25, 0.3) is 11.8 Å². The minimum Gasteiger partial charge on any atom is -0.484 e. The highest BCUT2D eigenvalue weighted by molar-refractivity contribution is 6.30. The van der Waals surface area contributed by atoms with Crippen LogP contribution in [0.4, 0.5) is 0 Å². The van der Waals surface area contributed by atoms with Gasteiger partial charge >= 0.3 is 0 Å². The Morgan fingerprint density at radius 3 is 2.40 bits per heavy atom. The van der Waals surface area contributed by atoms with E-state index in [2.05, 4.69) is 13.8 Å². The molecule has 0 N–H and O–H groups in total. The van der Waals surface area contributed by atoms with Crippen molar-refractivity contribution in [1.82, 2.24) is 9.80 Å². The fraction of sp³-hybridized carbons (Fsp3) is 0.417. The summed E-state index contributed by atoms with van der Waals surface area (Å²) < 4.78 is 5.69. The number of nitrogens with zero attached hydrogens (tertiary/aromatic N) is 2. The van der Waals surface area contributed by atoms with E-state index in [-0.39, 0.29) is 30.5 Å². The molecule has 0 spiro atoms. The van der Waals surface area contributed by atoms with Crippen LogP contribution in [0.1, 0.15) is 49.0 Å². The highest BCUT2D eigenvalue weighted by Gasteiger charge is 2.29. The van der Waals surface area contributed by atoms with Crippen molar-refractivity contribution in [2.24, 2.45) is 0 Å². The molecule has 2 atom stereocenters. The second-order valence-corrected chi connectivity index (χ2v) is 8.47. The Morgan fingerprint density at radius 2 is 1.77 bits per heavy atom. The maximum atomic E-state index is 12.7. The third-order valence-corrected chi connectivity index (χ3v) is 5.84. The Labute approximate surface area is 183 Å². The van der Waals surface area contributed by atoms with E-state index in [1.165, 1.54) is 0 Å². The lowest BCUT2D eigenvalue weighted by molar-refractivity contribution is -0.139. The number of hydrogen-bond donors (Lipinski definition) is 0. The summed E-state index contributed by atoms with van der Waals surface area (Å²) in [6.45, 7) is 4.66. The first-order valence-corrected chi connectivity index (χ1v) is 10.8. The molecule has 0 bridgehead atoms. The molecule has 30 heavy (non-hydrogen) atoms. The zero-order chi connectivity index (χ0) is 21.7. The minimum absolute atomic E-state index is 0.0103. The van der Waals surface area contributed by atoms with Gasteiger partial charge in [-0.3, -0.25) is 9.59 Å². The maximum Gasteiger partial charge on any atom is 0.260 e. The van der Waals surface area contributed by atoms with E-state index in [9.17, 15) is 9.59 Å². The predicted octanol–water partition coefficient (Wildman–Crippen LogP) is 4.78. The van der Waals surface area contributed by atoms with Crippen molar-refractivity contribution in [3.05, 3.63) is 64.7 Å². The van der Waals surface area contributed by atoms with E-state index in [0.717, 1.165) is 24.8 Å². The summed E-state index contributed by atoms with van der Waals surface area (Å²) in [5, 5.41) is 0.651. The summed E-state index contributed by atoms with van der Waals surface area (Å²) in [7, 11) is 1.76. The van der Waals surface area contributed by atoms with Gasteiger partial charge in [0.05, 0.1) is 0 Å². The molecule has 1 saturated heterocycles. The fourth-order valence-corrected chi connectivity index (χ4v) is 4.24. The molecule has 1 heterocycles. The monoisotopic (exact) mass is 428 g/mol. The van der Waals surface area contributed by atoms with Gasteiger partial charge < -0.3 is 14.5 Å². The molecule has 160 valence electrons. The second kappa shape index (κ2) is 9.98. The van der Waals surface area contributed by atoms with Gasteiger partial charge in [0.15, 0.2) is 6.61 Å². The van der Waals surface area contributed by atoms with Crippen LogP contribution in [0.2, 0.25) is 5.02 Å². The molecule has 1 aliphatic heterocycles. The SMILES string of the molecule is CC1CCCC(C)N1C(=O)COc1ccc(C(=O)N(C)Cc2cccc(Cl)c2)cc1. The van der Waals surface area contributed by atoms with Gasteiger partial charge in [-0.25, -0.2) is 0 Å². The molecule has 2 unspecified atom stereocenters. The Balaban J connectivity index is 1.55. The first-order chi connectivity index (χ1) is 14.3. The lowest BCUT2D eigenvalue weighted by Crippen LogP contribution is -2.49. The third-order valence-electron chi connectivity index (χ3n) is 5.60. The molecule has 0 saturated carbocycles. The summed E-state index contributed by atoms with van der Waals surface area (Å²) in [4.78, 5) is 28.8. The molecular weight excluding hydrogens is 400 g/mol. The summed E-state index contributed by atoms with van der Waals surface area (Å²) in [6.07, 6.45) is 3.24. The van der Waals surface area contributed by atoms with Gasteiger partial charge in [0.1, 0.15) is 5.75 Å². The predicted molar refractivity (Wildman–Crippen MR) is 119 cm³/mol. The van der Waals surface area contributed by atoms with Gasteiger partial charge in [0.2, 0.25) is 0 Å². The number of carbonyl (C=O) groups excluding carboxylic acids is 2. The van der Waals surface area contributed by atoms with Crippen molar-refractivity contribution >= 4 is 23.4 Å². The summed E-state index contributed by atoms with van der Waals surface area (Å²) in [6, 6.07) is 14.9. The van der Waals surface area contributed by atoms with Gasteiger partial charge in [-0.05, 0) is 75.1 Å². The number of ether oxygens (including phenoxy) is 1. The van der Waals surface area contributed by atoms with Crippen molar-refractivity contribution in [2.45, 2.75) is 51.7 Å². The summed E-state index contributed by atoms with van der Waals surface area (Å²) in [5.74, 6) is 0.499. The molecule has 2 aromatic rings. The number of likely N-dealkylation sites (tertiary alicyclic amines) is 1. The van der Waals surface area contributed by atoms with Crippen molar-refractivity contribution in [3.8, 4) is 5.75 Å². The maximum absolute atomic E-state index is 12.7. The van der Waals surface area contributed by atoms with Crippen LogP contribution in [-0.2, 0) is 11.3 Å². The quantitative estimate of drug-likeness (QED) is 0.665. The Kier molecular flexibility index (Phi) is 7.38. The van der Waals surface area contributed by atoms with E-state index >= 15 is 0 Å². The van der Waals surface area contributed by atoms with E-state index in [4.69, 9.17) is 16.3 Å². The molecule has 0 aromatic heterocycles. The van der Waals surface area contributed by atoms with Crippen LogP contribution in [0.5, 0.6) is 5.75 Å². The summed E-state index contributed by atoms with van der Waals surface area (Å²) >= 11 is 6.02. The molecule has 0 radical (unpaired) electrons. The number of halogens is 1. The molecule has 2 amide bonds. The Morgan fingerprint density at radius 1 is 1.10 bits per heavy atom. The molecule has 6 heteroatoms. The average molecular weight is 429 g/mol. The molecule has 5 nitrogen and oxygen atoms in total. The normalized spacial score (nSPS) is 18.7. The highest BCUT2D eigenvalue weighted by Crippen LogP contribution is 2.23. The zero-order valence-electron chi connectivity index (χ0n) is 17.8.